The van der Waals surface area contributed by atoms with E-state index in [0.29, 0.717) is 11.8 Å². The standard InChI is InChI=1S/C15H25NO2.CH4O/c1-5-6-7-8-13(2)18-14(3)11-16(4)15-9-10-17-12-15;1-2/h5-8,14-15H,2,9-12H2,1,3-4H3;2H,1H3/b6-5-,8-7-;. The molecule has 0 aliphatic carbocycles. The highest BCUT2D eigenvalue weighted by Crippen LogP contribution is 2.12. The molecule has 1 rings (SSSR count). The molecule has 4 heteroatoms. The second-order valence-electron chi connectivity index (χ2n) is 4.74. The Morgan fingerprint density at radius 3 is 2.75 bits per heavy atom. The van der Waals surface area contributed by atoms with Gasteiger partial charge in [-0.25, -0.2) is 0 Å². The zero-order valence-electron chi connectivity index (χ0n) is 13.2. The summed E-state index contributed by atoms with van der Waals surface area (Å²) in [6, 6.07) is 0.530. The van der Waals surface area contributed by atoms with Gasteiger partial charge in [0.1, 0.15) is 11.9 Å². The molecule has 116 valence electrons. The minimum Gasteiger partial charge on any atom is -0.490 e. The Morgan fingerprint density at radius 2 is 2.20 bits per heavy atom. The lowest BCUT2D eigenvalue weighted by molar-refractivity contribution is 0.0820. The zero-order valence-corrected chi connectivity index (χ0v) is 13.2. The van der Waals surface area contributed by atoms with Crippen LogP contribution in [-0.2, 0) is 9.47 Å². The van der Waals surface area contributed by atoms with Crippen molar-refractivity contribution in [1.29, 1.82) is 0 Å². The Labute approximate surface area is 123 Å². The first kappa shape index (κ1) is 18.9. The van der Waals surface area contributed by atoms with Crippen molar-refractivity contribution >= 4 is 0 Å². The number of rotatable bonds is 7. The molecule has 1 saturated heterocycles. The van der Waals surface area contributed by atoms with Crippen molar-refractivity contribution < 1.29 is 14.6 Å². The Balaban J connectivity index is 0.00000172. The van der Waals surface area contributed by atoms with Crippen LogP contribution in [0.2, 0.25) is 0 Å². The lowest BCUT2D eigenvalue weighted by Gasteiger charge is -2.26. The fraction of sp³-hybridized carbons (Fsp3) is 0.625. The molecule has 0 aromatic carbocycles. The predicted octanol–water partition coefficient (Wildman–Crippen LogP) is 2.37. The van der Waals surface area contributed by atoms with Crippen LogP contribution in [-0.4, -0.2) is 56.1 Å². The molecule has 1 N–H and O–H groups in total. The number of allylic oxidation sites excluding steroid dienone is 4. The number of hydrogen-bond donors (Lipinski definition) is 1. The number of nitrogens with zero attached hydrogens (tertiary/aromatic N) is 1. The number of aliphatic hydroxyl groups excluding tert-OH is 1. The van der Waals surface area contributed by atoms with E-state index in [1.165, 1.54) is 0 Å². The van der Waals surface area contributed by atoms with Gasteiger partial charge in [-0.1, -0.05) is 24.8 Å². The minimum absolute atomic E-state index is 0.137. The second-order valence-corrected chi connectivity index (χ2v) is 4.74. The van der Waals surface area contributed by atoms with Gasteiger partial charge in [0, 0.05) is 26.3 Å². The van der Waals surface area contributed by atoms with Gasteiger partial charge in [0.15, 0.2) is 0 Å². The first-order chi connectivity index (χ1) is 9.63. The molecule has 1 heterocycles. The first-order valence-electron chi connectivity index (χ1n) is 7.01. The third kappa shape index (κ3) is 8.15. The number of likely N-dealkylation sites (N-methyl/N-ethyl adjacent to an activating group) is 1. The van der Waals surface area contributed by atoms with Crippen LogP contribution in [0.3, 0.4) is 0 Å². The van der Waals surface area contributed by atoms with Crippen LogP contribution >= 0.6 is 0 Å². The molecule has 4 nitrogen and oxygen atoms in total. The molecule has 2 unspecified atom stereocenters. The highest BCUT2D eigenvalue weighted by atomic mass is 16.5. The maximum Gasteiger partial charge on any atom is 0.112 e. The van der Waals surface area contributed by atoms with E-state index < -0.39 is 0 Å². The molecule has 0 bridgehead atoms. The fourth-order valence-electron chi connectivity index (χ4n) is 2.03. The molecule has 0 spiro atoms. The van der Waals surface area contributed by atoms with Crippen molar-refractivity contribution in [2.45, 2.75) is 32.4 Å². The molecular formula is C16H29NO3. The topological polar surface area (TPSA) is 41.9 Å². The lowest BCUT2D eigenvalue weighted by atomic mass is 10.2. The van der Waals surface area contributed by atoms with E-state index in [9.17, 15) is 0 Å². The molecule has 0 aromatic heterocycles. The molecule has 0 saturated carbocycles. The van der Waals surface area contributed by atoms with Gasteiger partial charge in [-0.3, -0.25) is 4.90 Å². The third-order valence-corrected chi connectivity index (χ3v) is 3.01. The second kappa shape index (κ2) is 11.7. The van der Waals surface area contributed by atoms with Gasteiger partial charge in [-0.2, -0.15) is 0 Å². The van der Waals surface area contributed by atoms with E-state index in [-0.39, 0.29) is 6.10 Å². The molecule has 20 heavy (non-hydrogen) atoms. The summed E-state index contributed by atoms with van der Waals surface area (Å²) in [5.74, 6) is 0.705. The molecule has 0 radical (unpaired) electrons. The molecular weight excluding hydrogens is 254 g/mol. The van der Waals surface area contributed by atoms with E-state index in [4.69, 9.17) is 14.6 Å². The average Bonchev–Trinajstić information content (AvgIpc) is 2.95. The molecule has 1 aliphatic heterocycles. The van der Waals surface area contributed by atoms with Gasteiger partial charge in [0.05, 0.1) is 6.61 Å². The van der Waals surface area contributed by atoms with Crippen molar-refractivity contribution in [3.8, 4) is 0 Å². The molecule has 1 aliphatic rings. The fourth-order valence-corrected chi connectivity index (χ4v) is 2.03. The highest BCUT2D eigenvalue weighted by molar-refractivity contribution is 5.14. The molecule has 0 amide bonds. The zero-order chi connectivity index (χ0) is 15.4. The van der Waals surface area contributed by atoms with Crippen molar-refractivity contribution in [1.82, 2.24) is 4.90 Å². The summed E-state index contributed by atoms with van der Waals surface area (Å²) in [7, 11) is 3.12. The van der Waals surface area contributed by atoms with E-state index in [2.05, 4.69) is 25.5 Å². The quantitative estimate of drug-likeness (QED) is 0.575. The maximum atomic E-state index is 7.00. The summed E-state index contributed by atoms with van der Waals surface area (Å²) < 4.78 is 11.1. The van der Waals surface area contributed by atoms with Gasteiger partial charge < -0.3 is 14.6 Å². The van der Waals surface area contributed by atoms with Gasteiger partial charge in [-0.05, 0) is 33.4 Å². The van der Waals surface area contributed by atoms with Crippen LogP contribution in [0.15, 0.2) is 36.6 Å². The monoisotopic (exact) mass is 283 g/mol. The Hall–Kier alpha value is -1.10. The Kier molecular flexibility index (Phi) is 11.1. The number of aliphatic hydroxyl groups is 1. The van der Waals surface area contributed by atoms with E-state index >= 15 is 0 Å². The summed E-state index contributed by atoms with van der Waals surface area (Å²) in [4.78, 5) is 2.31. The van der Waals surface area contributed by atoms with Crippen molar-refractivity contribution in [3.63, 3.8) is 0 Å². The summed E-state index contributed by atoms with van der Waals surface area (Å²) in [6.45, 7) is 10.5. The molecule has 0 aromatic rings. The summed E-state index contributed by atoms with van der Waals surface area (Å²) in [5.41, 5.74) is 0. The largest absolute Gasteiger partial charge is 0.490 e. The van der Waals surface area contributed by atoms with Crippen molar-refractivity contribution in [3.05, 3.63) is 36.6 Å². The number of ether oxygens (including phenoxy) is 2. The predicted molar refractivity (Wildman–Crippen MR) is 83.6 cm³/mol. The van der Waals surface area contributed by atoms with E-state index in [1.54, 1.807) is 0 Å². The van der Waals surface area contributed by atoms with E-state index in [1.807, 2.05) is 31.2 Å². The minimum atomic E-state index is 0.137. The highest BCUT2D eigenvalue weighted by Gasteiger charge is 2.21. The van der Waals surface area contributed by atoms with E-state index in [0.717, 1.165) is 33.3 Å². The van der Waals surface area contributed by atoms with Crippen LogP contribution in [0.1, 0.15) is 20.3 Å². The third-order valence-electron chi connectivity index (χ3n) is 3.01. The molecule has 1 fully saturated rings. The van der Waals surface area contributed by atoms with Gasteiger partial charge in [0.2, 0.25) is 0 Å². The van der Waals surface area contributed by atoms with Crippen LogP contribution in [0.5, 0.6) is 0 Å². The Bertz CT molecular complexity index is 307. The maximum absolute atomic E-state index is 7.00. The average molecular weight is 283 g/mol. The van der Waals surface area contributed by atoms with Gasteiger partial charge in [-0.15, -0.1) is 0 Å². The first-order valence-corrected chi connectivity index (χ1v) is 7.01. The Morgan fingerprint density at radius 1 is 1.50 bits per heavy atom. The molecule has 2 atom stereocenters. The van der Waals surface area contributed by atoms with Crippen LogP contribution < -0.4 is 0 Å². The summed E-state index contributed by atoms with van der Waals surface area (Å²) >= 11 is 0. The normalized spacial score (nSPS) is 20.2. The summed E-state index contributed by atoms with van der Waals surface area (Å²) in [6.07, 6.45) is 9.00. The van der Waals surface area contributed by atoms with Crippen LogP contribution in [0.4, 0.5) is 0 Å². The van der Waals surface area contributed by atoms with Crippen molar-refractivity contribution in [2.24, 2.45) is 0 Å². The summed E-state index contributed by atoms with van der Waals surface area (Å²) in [5, 5.41) is 7.00. The van der Waals surface area contributed by atoms with Crippen LogP contribution in [0.25, 0.3) is 0 Å². The smallest absolute Gasteiger partial charge is 0.112 e. The number of hydrogen-bond acceptors (Lipinski definition) is 4. The van der Waals surface area contributed by atoms with Crippen molar-refractivity contribution in [2.75, 3.05) is 33.9 Å². The SMILES string of the molecule is C=C(/C=C\C=C/C)OC(C)CN(C)C1CCOC1.CO. The van der Waals surface area contributed by atoms with Gasteiger partial charge in [0.25, 0.3) is 0 Å². The lowest BCUT2D eigenvalue weighted by Crippen LogP contribution is -2.37. The van der Waals surface area contributed by atoms with Gasteiger partial charge >= 0.3 is 0 Å². The van der Waals surface area contributed by atoms with Crippen LogP contribution in [0, 0.1) is 0 Å².